The highest BCUT2D eigenvalue weighted by molar-refractivity contribution is 7.99. The van der Waals surface area contributed by atoms with Crippen molar-refractivity contribution in [2.45, 2.75) is 0 Å². The third-order valence-corrected chi connectivity index (χ3v) is 4.37. The lowest BCUT2D eigenvalue weighted by Crippen LogP contribution is -2.48. The molecule has 0 bridgehead atoms. The molecule has 1 amide bonds. The van der Waals surface area contributed by atoms with Gasteiger partial charge in [0.05, 0.1) is 6.54 Å². The summed E-state index contributed by atoms with van der Waals surface area (Å²) < 4.78 is 0. The van der Waals surface area contributed by atoms with Crippen LogP contribution in [0.25, 0.3) is 0 Å². The Morgan fingerprint density at radius 2 is 1.83 bits per heavy atom. The fourth-order valence-corrected chi connectivity index (χ4v) is 3.29. The number of carbonyl (C=O) groups excluding carboxylic acids is 1. The summed E-state index contributed by atoms with van der Waals surface area (Å²) in [6.45, 7) is 8.63. The van der Waals surface area contributed by atoms with Crippen molar-refractivity contribution >= 4 is 17.7 Å². The van der Waals surface area contributed by atoms with Crippen LogP contribution in [0.1, 0.15) is 0 Å². The fourth-order valence-electron chi connectivity index (χ4n) is 2.31. The second kappa shape index (κ2) is 7.99. The molecule has 5 nitrogen and oxygen atoms in total. The first kappa shape index (κ1) is 14.1. The van der Waals surface area contributed by atoms with E-state index in [1.54, 1.807) is 0 Å². The monoisotopic (exact) mass is 272 g/mol. The van der Waals surface area contributed by atoms with Crippen molar-refractivity contribution in [3.63, 3.8) is 0 Å². The van der Waals surface area contributed by atoms with E-state index >= 15 is 0 Å². The van der Waals surface area contributed by atoms with E-state index in [0.717, 1.165) is 39.3 Å². The number of rotatable bonds is 5. The number of nitrogens with zero attached hydrogens (tertiary/aromatic N) is 2. The second-order valence-electron chi connectivity index (χ2n) is 4.83. The number of carbonyl (C=O) groups is 1. The minimum absolute atomic E-state index is 0.170. The van der Waals surface area contributed by atoms with Crippen molar-refractivity contribution in [3.8, 4) is 0 Å². The van der Waals surface area contributed by atoms with Crippen molar-refractivity contribution in [2.75, 3.05) is 70.4 Å². The van der Waals surface area contributed by atoms with Crippen LogP contribution in [0.4, 0.5) is 0 Å². The second-order valence-corrected chi connectivity index (χ2v) is 6.05. The smallest absolute Gasteiger partial charge is 0.234 e. The van der Waals surface area contributed by atoms with Crippen LogP contribution in [-0.2, 0) is 4.79 Å². The van der Waals surface area contributed by atoms with E-state index in [2.05, 4.69) is 20.4 Å². The topological polar surface area (TPSA) is 47.6 Å². The summed E-state index contributed by atoms with van der Waals surface area (Å²) in [4.78, 5) is 16.4. The largest absolute Gasteiger partial charge is 0.354 e. The summed E-state index contributed by atoms with van der Waals surface area (Å²) in [7, 11) is 0. The number of amides is 1. The molecule has 0 unspecified atom stereocenters. The summed E-state index contributed by atoms with van der Waals surface area (Å²) in [6, 6.07) is 0. The Balaban J connectivity index is 1.53. The van der Waals surface area contributed by atoms with Gasteiger partial charge < -0.3 is 10.6 Å². The van der Waals surface area contributed by atoms with Crippen LogP contribution in [-0.4, -0.2) is 86.1 Å². The zero-order valence-corrected chi connectivity index (χ0v) is 11.8. The van der Waals surface area contributed by atoms with Crippen LogP contribution in [0.5, 0.6) is 0 Å². The number of nitrogens with one attached hydrogen (secondary N) is 2. The molecule has 18 heavy (non-hydrogen) atoms. The molecule has 2 aliphatic rings. The van der Waals surface area contributed by atoms with Crippen molar-refractivity contribution in [1.29, 1.82) is 0 Å². The van der Waals surface area contributed by atoms with Crippen LogP contribution >= 0.6 is 11.8 Å². The molecule has 2 N–H and O–H groups in total. The van der Waals surface area contributed by atoms with Crippen LogP contribution in [0.2, 0.25) is 0 Å². The SMILES string of the molecule is O=C(CN1CCNCC1)NCCN1CCSCC1. The van der Waals surface area contributed by atoms with Gasteiger partial charge in [-0.3, -0.25) is 14.6 Å². The Labute approximate surface area is 114 Å². The molecule has 0 spiro atoms. The van der Waals surface area contributed by atoms with E-state index in [0.29, 0.717) is 6.54 Å². The Bertz CT molecular complexity index is 252. The molecule has 2 heterocycles. The molecule has 0 aliphatic carbocycles. The summed E-state index contributed by atoms with van der Waals surface area (Å²) in [5.41, 5.74) is 0. The minimum Gasteiger partial charge on any atom is -0.354 e. The van der Waals surface area contributed by atoms with E-state index in [-0.39, 0.29) is 5.91 Å². The average Bonchev–Trinajstić information content (AvgIpc) is 2.41. The van der Waals surface area contributed by atoms with Crippen molar-refractivity contribution in [2.24, 2.45) is 0 Å². The van der Waals surface area contributed by atoms with Gasteiger partial charge in [0.25, 0.3) is 0 Å². The molecular weight excluding hydrogens is 248 g/mol. The van der Waals surface area contributed by atoms with Crippen molar-refractivity contribution in [1.82, 2.24) is 20.4 Å². The standard InChI is InChI=1S/C12H24N4OS/c17-12(11-16-4-1-13-2-5-16)14-3-6-15-7-9-18-10-8-15/h13H,1-11H2,(H,14,17). The quantitative estimate of drug-likeness (QED) is 0.676. The third kappa shape index (κ3) is 5.14. The maximum atomic E-state index is 11.8. The molecule has 0 aromatic heterocycles. The van der Waals surface area contributed by atoms with Crippen LogP contribution in [0.3, 0.4) is 0 Å². The molecule has 104 valence electrons. The van der Waals surface area contributed by atoms with Gasteiger partial charge >= 0.3 is 0 Å². The number of hydrogen-bond donors (Lipinski definition) is 2. The lowest BCUT2D eigenvalue weighted by atomic mass is 10.3. The summed E-state index contributed by atoms with van der Waals surface area (Å²) >= 11 is 2.02. The Kier molecular flexibility index (Phi) is 6.26. The molecule has 0 saturated carbocycles. The average molecular weight is 272 g/mol. The highest BCUT2D eigenvalue weighted by Gasteiger charge is 2.14. The van der Waals surface area contributed by atoms with E-state index < -0.39 is 0 Å². The van der Waals surface area contributed by atoms with Gasteiger partial charge in [-0.05, 0) is 0 Å². The molecule has 6 heteroatoms. The Hall–Kier alpha value is -0.300. The maximum absolute atomic E-state index is 11.8. The normalized spacial score (nSPS) is 22.9. The van der Waals surface area contributed by atoms with Gasteiger partial charge in [-0.25, -0.2) is 0 Å². The van der Waals surface area contributed by atoms with Gasteiger partial charge in [0.15, 0.2) is 0 Å². The first-order chi connectivity index (χ1) is 8.84. The number of hydrogen-bond acceptors (Lipinski definition) is 5. The maximum Gasteiger partial charge on any atom is 0.234 e. The molecule has 2 saturated heterocycles. The van der Waals surface area contributed by atoms with Crippen LogP contribution in [0, 0.1) is 0 Å². The highest BCUT2D eigenvalue weighted by Crippen LogP contribution is 2.07. The predicted molar refractivity (Wildman–Crippen MR) is 76.1 cm³/mol. The van der Waals surface area contributed by atoms with Gasteiger partial charge in [0.2, 0.25) is 5.91 Å². The lowest BCUT2D eigenvalue weighted by Gasteiger charge is -2.27. The molecule has 2 rings (SSSR count). The zero-order chi connectivity index (χ0) is 12.6. The molecule has 0 aromatic carbocycles. The predicted octanol–water partition coefficient (Wildman–Crippen LogP) is -0.943. The van der Waals surface area contributed by atoms with Crippen LogP contribution < -0.4 is 10.6 Å². The van der Waals surface area contributed by atoms with E-state index in [1.807, 2.05) is 11.8 Å². The number of thioether (sulfide) groups is 1. The summed E-state index contributed by atoms with van der Waals surface area (Å²) in [5, 5.41) is 6.32. The highest BCUT2D eigenvalue weighted by atomic mass is 32.2. The summed E-state index contributed by atoms with van der Waals surface area (Å²) in [5.74, 6) is 2.63. The molecular formula is C12H24N4OS. The fraction of sp³-hybridized carbons (Fsp3) is 0.917. The van der Waals surface area contributed by atoms with Crippen LogP contribution in [0.15, 0.2) is 0 Å². The van der Waals surface area contributed by atoms with Gasteiger partial charge in [0.1, 0.15) is 0 Å². The molecule has 2 fully saturated rings. The van der Waals surface area contributed by atoms with Gasteiger partial charge in [-0.2, -0.15) is 11.8 Å². The third-order valence-electron chi connectivity index (χ3n) is 3.43. The van der Waals surface area contributed by atoms with Crippen molar-refractivity contribution < 1.29 is 4.79 Å². The first-order valence-electron chi connectivity index (χ1n) is 6.84. The number of piperazine rings is 1. The first-order valence-corrected chi connectivity index (χ1v) is 8.00. The van der Waals surface area contributed by atoms with Gasteiger partial charge in [0, 0.05) is 63.9 Å². The Morgan fingerprint density at radius 1 is 1.11 bits per heavy atom. The van der Waals surface area contributed by atoms with Gasteiger partial charge in [-0.15, -0.1) is 0 Å². The molecule has 2 aliphatic heterocycles. The van der Waals surface area contributed by atoms with Crippen molar-refractivity contribution in [3.05, 3.63) is 0 Å². The van der Waals surface area contributed by atoms with E-state index in [1.165, 1.54) is 24.6 Å². The van der Waals surface area contributed by atoms with E-state index in [4.69, 9.17) is 0 Å². The summed E-state index contributed by atoms with van der Waals surface area (Å²) in [6.07, 6.45) is 0. The zero-order valence-electron chi connectivity index (χ0n) is 11.0. The Morgan fingerprint density at radius 3 is 2.56 bits per heavy atom. The molecule has 0 radical (unpaired) electrons. The minimum atomic E-state index is 0.170. The molecule has 0 aromatic rings. The molecule has 0 atom stereocenters. The van der Waals surface area contributed by atoms with Gasteiger partial charge in [-0.1, -0.05) is 0 Å². The lowest BCUT2D eigenvalue weighted by molar-refractivity contribution is -0.122. The van der Waals surface area contributed by atoms with E-state index in [9.17, 15) is 4.79 Å².